The maximum atomic E-state index is 5.83. The van der Waals surface area contributed by atoms with Gasteiger partial charge >= 0.3 is 0 Å². The SMILES string of the molecule is COc1cccnc1-c1nc(C)nc(N)c1C. The number of rotatable bonds is 2. The Morgan fingerprint density at radius 3 is 2.65 bits per heavy atom. The summed E-state index contributed by atoms with van der Waals surface area (Å²) >= 11 is 0. The second kappa shape index (κ2) is 4.37. The quantitative estimate of drug-likeness (QED) is 0.850. The van der Waals surface area contributed by atoms with Crippen molar-refractivity contribution in [3.05, 3.63) is 29.7 Å². The van der Waals surface area contributed by atoms with Gasteiger partial charge in [0.05, 0.1) is 7.11 Å². The van der Waals surface area contributed by atoms with E-state index in [1.807, 2.05) is 19.1 Å². The van der Waals surface area contributed by atoms with Crippen LogP contribution in [0.25, 0.3) is 11.4 Å². The van der Waals surface area contributed by atoms with Gasteiger partial charge in [0.1, 0.15) is 28.8 Å². The van der Waals surface area contributed by atoms with Crippen LogP contribution in [0, 0.1) is 13.8 Å². The topological polar surface area (TPSA) is 73.9 Å². The lowest BCUT2D eigenvalue weighted by Gasteiger charge is -2.10. The van der Waals surface area contributed by atoms with E-state index < -0.39 is 0 Å². The molecule has 0 atom stereocenters. The maximum absolute atomic E-state index is 5.83. The van der Waals surface area contributed by atoms with E-state index in [1.54, 1.807) is 20.2 Å². The average Bonchev–Trinajstić information content (AvgIpc) is 2.33. The number of ether oxygens (including phenoxy) is 1. The molecule has 0 radical (unpaired) electrons. The Hall–Kier alpha value is -2.17. The normalized spacial score (nSPS) is 10.3. The molecule has 17 heavy (non-hydrogen) atoms. The number of nitrogens with two attached hydrogens (primary N) is 1. The van der Waals surface area contributed by atoms with Crippen LogP contribution in [0.4, 0.5) is 5.82 Å². The van der Waals surface area contributed by atoms with Crippen LogP contribution < -0.4 is 10.5 Å². The number of aryl methyl sites for hydroxylation is 1. The van der Waals surface area contributed by atoms with E-state index in [9.17, 15) is 0 Å². The molecular weight excluding hydrogens is 216 g/mol. The number of anilines is 1. The van der Waals surface area contributed by atoms with E-state index >= 15 is 0 Å². The van der Waals surface area contributed by atoms with Gasteiger partial charge in [0, 0.05) is 11.8 Å². The summed E-state index contributed by atoms with van der Waals surface area (Å²) in [5, 5.41) is 0. The molecule has 0 aliphatic rings. The Labute approximate surface area is 99.7 Å². The average molecular weight is 230 g/mol. The third-order valence-corrected chi connectivity index (χ3v) is 2.51. The first kappa shape index (κ1) is 11.3. The molecule has 0 amide bonds. The fourth-order valence-electron chi connectivity index (χ4n) is 1.61. The minimum Gasteiger partial charge on any atom is -0.494 e. The number of nitrogens with zero attached hydrogens (tertiary/aromatic N) is 3. The van der Waals surface area contributed by atoms with Gasteiger partial charge in [-0.05, 0) is 26.0 Å². The van der Waals surface area contributed by atoms with Crippen molar-refractivity contribution in [1.29, 1.82) is 0 Å². The molecule has 2 N–H and O–H groups in total. The zero-order valence-corrected chi connectivity index (χ0v) is 10.1. The Morgan fingerprint density at radius 1 is 1.18 bits per heavy atom. The standard InChI is InChI=1S/C12H14N4O/c1-7-10(15-8(2)16-12(7)13)11-9(17-3)5-4-6-14-11/h4-6H,1-3H3,(H2,13,15,16). The molecule has 0 aliphatic heterocycles. The maximum Gasteiger partial charge on any atom is 0.146 e. The smallest absolute Gasteiger partial charge is 0.146 e. The van der Waals surface area contributed by atoms with Gasteiger partial charge in [-0.25, -0.2) is 9.97 Å². The lowest BCUT2D eigenvalue weighted by atomic mass is 10.1. The molecule has 0 aromatic carbocycles. The van der Waals surface area contributed by atoms with Crippen LogP contribution in [0.15, 0.2) is 18.3 Å². The highest BCUT2D eigenvalue weighted by Crippen LogP contribution is 2.29. The van der Waals surface area contributed by atoms with Gasteiger partial charge in [-0.1, -0.05) is 0 Å². The van der Waals surface area contributed by atoms with Gasteiger partial charge < -0.3 is 10.5 Å². The summed E-state index contributed by atoms with van der Waals surface area (Å²) in [5.41, 5.74) is 8.04. The number of pyridine rings is 1. The van der Waals surface area contributed by atoms with Crippen LogP contribution in [0.5, 0.6) is 5.75 Å². The fraction of sp³-hybridized carbons (Fsp3) is 0.250. The second-order valence-corrected chi connectivity index (χ2v) is 3.68. The van der Waals surface area contributed by atoms with Gasteiger partial charge in [-0.2, -0.15) is 0 Å². The van der Waals surface area contributed by atoms with Crippen molar-refractivity contribution >= 4 is 5.82 Å². The van der Waals surface area contributed by atoms with Gasteiger partial charge in [0.2, 0.25) is 0 Å². The van der Waals surface area contributed by atoms with Crippen molar-refractivity contribution in [2.75, 3.05) is 12.8 Å². The van der Waals surface area contributed by atoms with Crippen molar-refractivity contribution in [2.24, 2.45) is 0 Å². The number of hydrogen-bond donors (Lipinski definition) is 1. The number of methoxy groups -OCH3 is 1. The van der Waals surface area contributed by atoms with Crippen molar-refractivity contribution in [3.63, 3.8) is 0 Å². The van der Waals surface area contributed by atoms with E-state index in [0.717, 1.165) is 5.56 Å². The number of aromatic nitrogens is 3. The molecule has 5 nitrogen and oxygen atoms in total. The first-order chi connectivity index (χ1) is 8.13. The summed E-state index contributed by atoms with van der Waals surface area (Å²) in [4.78, 5) is 12.8. The first-order valence-corrected chi connectivity index (χ1v) is 5.23. The summed E-state index contributed by atoms with van der Waals surface area (Å²) in [5.74, 6) is 1.77. The minimum atomic E-state index is 0.472. The van der Waals surface area contributed by atoms with E-state index in [1.165, 1.54) is 0 Å². The summed E-state index contributed by atoms with van der Waals surface area (Å²) in [6.07, 6.45) is 1.70. The fourth-order valence-corrected chi connectivity index (χ4v) is 1.61. The van der Waals surface area contributed by atoms with E-state index in [0.29, 0.717) is 28.8 Å². The van der Waals surface area contributed by atoms with E-state index in [4.69, 9.17) is 10.5 Å². The molecule has 2 aromatic rings. The highest BCUT2D eigenvalue weighted by atomic mass is 16.5. The Balaban J connectivity index is 2.68. The zero-order chi connectivity index (χ0) is 12.4. The van der Waals surface area contributed by atoms with Gasteiger partial charge in [0.25, 0.3) is 0 Å². The van der Waals surface area contributed by atoms with Crippen molar-refractivity contribution in [3.8, 4) is 17.1 Å². The van der Waals surface area contributed by atoms with Gasteiger partial charge in [-0.3, -0.25) is 4.98 Å². The van der Waals surface area contributed by atoms with Crippen LogP contribution in [0.1, 0.15) is 11.4 Å². The van der Waals surface area contributed by atoms with E-state index in [2.05, 4.69) is 15.0 Å². The predicted octanol–water partition coefficient (Wildman–Crippen LogP) is 1.75. The third-order valence-electron chi connectivity index (χ3n) is 2.51. The molecule has 2 rings (SSSR count). The molecule has 0 saturated heterocycles. The molecular formula is C12H14N4O. The Morgan fingerprint density at radius 2 is 1.94 bits per heavy atom. The first-order valence-electron chi connectivity index (χ1n) is 5.23. The van der Waals surface area contributed by atoms with Gasteiger partial charge in [0.15, 0.2) is 0 Å². The molecule has 88 valence electrons. The van der Waals surface area contributed by atoms with E-state index in [-0.39, 0.29) is 0 Å². The zero-order valence-electron chi connectivity index (χ0n) is 10.1. The van der Waals surface area contributed by atoms with Crippen molar-refractivity contribution < 1.29 is 4.74 Å². The van der Waals surface area contributed by atoms with Crippen molar-refractivity contribution in [2.45, 2.75) is 13.8 Å². The predicted molar refractivity (Wildman–Crippen MR) is 65.7 cm³/mol. The second-order valence-electron chi connectivity index (χ2n) is 3.68. The Kier molecular flexibility index (Phi) is 2.91. The monoisotopic (exact) mass is 230 g/mol. The van der Waals surface area contributed by atoms with Gasteiger partial charge in [-0.15, -0.1) is 0 Å². The molecule has 2 heterocycles. The number of hydrogen-bond acceptors (Lipinski definition) is 5. The lowest BCUT2D eigenvalue weighted by Crippen LogP contribution is -2.03. The molecule has 0 unspecified atom stereocenters. The van der Waals surface area contributed by atoms with Crippen LogP contribution in [0.3, 0.4) is 0 Å². The lowest BCUT2D eigenvalue weighted by molar-refractivity contribution is 0.414. The van der Waals surface area contributed by atoms with Crippen LogP contribution in [-0.4, -0.2) is 22.1 Å². The van der Waals surface area contributed by atoms with Crippen molar-refractivity contribution in [1.82, 2.24) is 15.0 Å². The summed E-state index contributed by atoms with van der Waals surface area (Å²) in [6.45, 7) is 3.67. The Bertz CT molecular complexity index is 554. The summed E-state index contributed by atoms with van der Waals surface area (Å²) < 4.78 is 5.27. The highest BCUT2D eigenvalue weighted by molar-refractivity contribution is 5.69. The molecule has 5 heteroatoms. The molecule has 0 spiro atoms. The molecule has 0 aliphatic carbocycles. The number of nitrogen functional groups attached to an aromatic ring is 1. The minimum absolute atomic E-state index is 0.472. The largest absolute Gasteiger partial charge is 0.494 e. The molecule has 0 bridgehead atoms. The van der Waals surface area contributed by atoms with Crippen LogP contribution in [-0.2, 0) is 0 Å². The molecule has 0 saturated carbocycles. The third kappa shape index (κ3) is 2.04. The molecule has 2 aromatic heterocycles. The molecule has 0 fully saturated rings. The van der Waals surface area contributed by atoms with Crippen LogP contribution >= 0.6 is 0 Å². The van der Waals surface area contributed by atoms with Crippen LogP contribution in [0.2, 0.25) is 0 Å². The highest BCUT2D eigenvalue weighted by Gasteiger charge is 2.14. The summed E-state index contributed by atoms with van der Waals surface area (Å²) in [6, 6.07) is 3.66. The summed E-state index contributed by atoms with van der Waals surface area (Å²) in [7, 11) is 1.60.